The summed E-state index contributed by atoms with van der Waals surface area (Å²) in [7, 11) is 0. The molecule has 6 heteroatoms. The summed E-state index contributed by atoms with van der Waals surface area (Å²) in [6.07, 6.45) is 1.47. The number of aromatic amines is 1. The molecule has 1 aromatic heterocycles. The third-order valence-corrected chi connectivity index (χ3v) is 2.82. The highest BCUT2D eigenvalue weighted by molar-refractivity contribution is 5.45. The van der Waals surface area contributed by atoms with Crippen molar-refractivity contribution in [2.45, 2.75) is 26.4 Å². The van der Waals surface area contributed by atoms with Gasteiger partial charge in [0.1, 0.15) is 12.2 Å². The van der Waals surface area contributed by atoms with E-state index in [1.165, 1.54) is 6.33 Å². The van der Waals surface area contributed by atoms with E-state index in [0.717, 1.165) is 11.4 Å². The van der Waals surface area contributed by atoms with Crippen LogP contribution in [0.15, 0.2) is 24.5 Å². The van der Waals surface area contributed by atoms with Crippen LogP contribution < -0.4 is 10.1 Å². The number of ether oxygens (including phenoxy) is 1. The van der Waals surface area contributed by atoms with Gasteiger partial charge in [-0.1, -0.05) is 12.1 Å². The Morgan fingerprint density at radius 1 is 1.47 bits per heavy atom. The number of H-pyrrole nitrogens is 1. The van der Waals surface area contributed by atoms with Gasteiger partial charge in [0, 0.05) is 12.1 Å². The second-order valence-electron chi connectivity index (χ2n) is 4.17. The Morgan fingerprint density at radius 3 is 3.00 bits per heavy atom. The molecule has 0 spiro atoms. The van der Waals surface area contributed by atoms with Crippen LogP contribution in [0.25, 0.3) is 0 Å². The number of nitrogens with zero attached hydrogens (tertiary/aromatic N) is 2. The number of benzene rings is 1. The van der Waals surface area contributed by atoms with Crippen molar-refractivity contribution in [3.8, 4) is 11.5 Å². The predicted octanol–water partition coefficient (Wildman–Crippen LogP) is 1.76. The fourth-order valence-corrected chi connectivity index (χ4v) is 1.77. The largest absolute Gasteiger partial charge is 0.504 e. The van der Waals surface area contributed by atoms with E-state index in [2.05, 4.69) is 20.5 Å². The van der Waals surface area contributed by atoms with Gasteiger partial charge in [-0.2, -0.15) is 5.10 Å². The predicted molar refractivity (Wildman–Crippen MR) is 70.9 cm³/mol. The van der Waals surface area contributed by atoms with Gasteiger partial charge in [-0.15, -0.1) is 0 Å². The highest BCUT2D eigenvalue weighted by Crippen LogP contribution is 2.29. The minimum atomic E-state index is 0.0256. The molecule has 102 valence electrons. The maximum Gasteiger partial charge on any atom is 0.162 e. The number of rotatable bonds is 6. The zero-order valence-corrected chi connectivity index (χ0v) is 11.1. The second-order valence-corrected chi connectivity index (χ2v) is 4.17. The lowest BCUT2D eigenvalue weighted by Crippen LogP contribution is -2.19. The normalized spacial score (nSPS) is 12.3. The molecule has 0 saturated carbocycles. The molecule has 3 N–H and O–H groups in total. The molecular formula is C13H18N4O2. The summed E-state index contributed by atoms with van der Waals surface area (Å²) in [6, 6.07) is 5.50. The maximum atomic E-state index is 10.1. The molecule has 0 amide bonds. The van der Waals surface area contributed by atoms with Crippen LogP contribution in [-0.4, -0.2) is 26.9 Å². The van der Waals surface area contributed by atoms with Crippen LogP contribution in [0.3, 0.4) is 0 Å². The zero-order valence-electron chi connectivity index (χ0n) is 11.1. The van der Waals surface area contributed by atoms with Crippen LogP contribution in [0.5, 0.6) is 11.5 Å². The van der Waals surface area contributed by atoms with Crippen LogP contribution >= 0.6 is 0 Å². The molecule has 19 heavy (non-hydrogen) atoms. The first-order valence-corrected chi connectivity index (χ1v) is 6.24. The van der Waals surface area contributed by atoms with Gasteiger partial charge in [0.25, 0.3) is 0 Å². The summed E-state index contributed by atoms with van der Waals surface area (Å²) in [6.45, 7) is 4.91. The van der Waals surface area contributed by atoms with E-state index in [1.54, 1.807) is 6.07 Å². The Labute approximate surface area is 111 Å². The van der Waals surface area contributed by atoms with Crippen molar-refractivity contribution in [2.75, 3.05) is 6.61 Å². The molecule has 1 heterocycles. The van der Waals surface area contributed by atoms with Crippen LogP contribution in [0, 0.1) is 0 Å². The Balaban J connectivity index is 2.01. The fraction of sp³-hybridized carbons (Fsp3) is 0.385. The lowest BCUT2D eigenvalue weighted by Gasteiger charge is -2.13. The van der Waals surface area contributed by atoms with E-state index in [9.17, 15) is 5.11 Å². The molecule has 6 nitrogen and oxygen atoms in total. The van der Waals surface area contributed by atoms with Crippen molar-refractivity contribution in [2.24, 2.45) is 0 Å². The van der Waals surface area contributed by atoms with Gasteiger partial charge in [0.15, 0.2) is 11.5 Å². The van der Waals surface area contributed by atoms with Gasteiger partial charge in [-0.25, -0.2) is 4.98 Å². The first-order valence-electron chi connectivity index (χ1n) is 6.24. The van der Waals surface area contributed by atoms with E-state index in [0.29, 0.717) is 18.9 Å². The molecule has 1 atom stereocenters. The number of aromatic nitrogens is 3. The minimum absolute atomic E-state index is 0.0256. The third kappa shape index (κ3) is 3.23. The SMILES string of the molecule is CCOc1cccc(CNC(C)c2ncn[nH]2)c1O. The summed E-state index contributed by atoms with van der Waals surface area (Å²) >= 11 is 0. The Bertz CT molecular complexity index is 513. The first kappa shape index (κ1) is 13.4. The average molecular weight is 262 g/mol. The molecule has 2 rings (SSSR count). The van der Waals surface area contributed by atoms with Crippen molar-refractivity contribution in [3.63, 3.8) is 0 Å². The maximum absolute atomic E-state index is 10.1. The molecule has 1 unspecified atom stereocenters. The monoisotopic (exact) mass is 262 g/mol. The lowest BCUT2D eigenvalue weighted by atomic mass is 10.1. The second kappa shape index (κ2) is 6.19. The number of phenolic OH excluding ortho intramolecular Hbond substituents is 1. The smallest absolute Gasteiger partial charge is 0.162 e. The van der Waals surface area contributed by atoms with E-state index in [-0.39, 0.29) is 11.8 Å². The van der Waals surface area contributed by atoms with Crippen LogP contribution in [0.4, 0.5) is 0 Å². The van der Waals surface area contributed by atoms with Crippen LogP contribution in [0.1, 0.15) is 31.3 Å². The molecule has 2 aromatic rings. The highest BCUT2D eigenvalue weighted by atomic mass is 16.5. The molecule has 1 aromatic carbocycles. The Morgan fingerprint density at radius 2 is 2.32 bits per heavy atom. The number of hydrogen-bond donors (Lipinski definition) is 3. The van der Waals surface area contributed by atoms with Crippen molar-refractivity contribution in [1.29, 1.82) is 0 Å². The summed E-state index contributed by atoms with van der Waals surface area (Å²) in [4.78, 5) is 4.08. The van der Waals surface area contributed by atoms with Gasteiger partial charge < -0.3 is 15.2 Å². The van der Waals surface area contributed by atoms with Gasteiger partial charge in [-0.3, -0.25) is 5.10 Å². The fourth-order valence-electron chi connectivity index (χ4n) is 1.77. The third-order valence-electron chi connectivity index (χ3n) is 2.82. The molecule has 0 aliphatic carbocycles. The number of hydrogen-bond acceptors (Lipinski definition) is 5. The molecule has 0 fully saturated rings. The van der Waals surface area contributed by atoms with E-state index in [4.69, 9.17) is 4.74 Å². The van der Waals surface area contributed by atoms with Crippen molar-refractivity contribution in [1.82, 2.24) is 20.5 Å². The molecule has 0 aliphatic heterocycles. The van der Waals surface area contributed by atoms with Gasteiger partial charge in [0.05, 0.1) is 12.6 Å². The van der Waals surface area contributed by atoms with E-state index >= 15 is 0 Å². The standard InChI is InChI=1S/C13H18N4O2/c1-3-19-11-6-4-5-10(12(11)18)7-14-9(2)13-15-8-16-17-13/h4-6,8-9,14,18H,3,7H2,1-2H3,(H,15,16,17). The Kier molecular flexibility index (Phi) is 4.35. The number of nitrogens with one attached hydrogen (secondary N) is 2. The summed E-state index contributed by atoms with van der Waals surface area (Å²) < 4.78 is 5.35. The minimum Gasteiger partial charge on any atom is -0.504 e. The Hall–Kier alpha value is -2.08. The van der Waals surface area contributed by atoms with Crippen LogP contribution in [-0.2, 0) is 6.54 Å². The molecule has 0 aliphatic rings. The molecular weight excluding hydrogens is 244 g/mol. The van der Waals surface area contributed by atoms with Crippen molar-refractivity contribution < 1.29 is 9.84 Å². The van der Waals surface area contributed by atoms with Crippen molar-refractivity contribution >= 4 is 0 Å². The van der Waals surface area contributed by atoms with Gasteiger partial charge >= 0.3 is 0 Å². The summed E-state index contributed by atoms with van der Waals surface area (Å²) in [5, 5.41) is 19.9. The van der Waals surface area contributed by atoms with Crippen LogP contribution in [0.2, 0.25) is 0 Å². The topological polar surface area (TPSA) is 83.1 Å². The first-order chi connectivity index (χ1) is 9.22. The molecule has 0 radical (unpaired) electrons. The molecule has 0 saturated heterocycles. The average Bonchev–Trinajstić information content (AvgIpc) is 2.94. The summed E-state index contributed by atoms with van der Waals surface area (Å²) in [5.74, 6) is 1.45. The highest BCUT2D eigenvalue weighted by Gasteiger charge is 2.11. The quantitative estimate of drug-likeness (QED) is 0.739. The van der Waals surface area contributed by atoms with Gasteiger partial charge in [0.2, 0.25) is 0 Å². The van der Waals surface area contributed by atoms with E-state index < -0.39 is 0 Å². The summed E-state index contributed by atoms with van der Waals surface area (Å²) in [5.41, 5.74) is 0.789. The number of phenols is 1. The molecule has 0 bridgehead atoms. The van der Waals surface area contributed by atoms with Gasteiger partial charge in [-0.05, 0) is 19.9 Å². The zero-order chi connectivity index (χ0) is 13.7. The number of aromatic hydroxyl groups is 1. The van der Waals surface area contributed by atoms with Crippen molar-refractivity contribution in [3.05, 3.63) is 35.9 Å². The van der Waals surface area contributed by atoms with E-state index in [1.807, 2.05) is 26.0 Å². The lowest BCUT2D eigenvalue weighted by molar-refractivity contribution is 0.316. The number of para-hydroxylation sites is 1.